The van der Waals surface area contributed by atoms with Crippen molar-refractivity contribution in [2.24, 2.45) is 11.7 Å². The van der Waals surface area contributed by atoms with Gasteiger partial charge in [-0.2, -0.15) is 5.10 Å². The summed E-state index contributed by atoms with van der Waals surface area (Å²) in [6, 6.07) is 5.49. The van der Waals surface area contributed by atoms with Crippen LogP contribution in [0.3, 0.4) is 0 Å². The van der Waals surface area contributed by atoms with Gasteiger partial charge in [-0.15, -0.1) is 24.8 Å². The minimum Gasteiger partial charge on any atom is -0.340 e. The number of nitrogens with two attached hydrogens (primary N) is 1. The first kappa shape index (κ1) is 22.4. The van der Waals surface area contributed by atoms with Crippen LogP contribution >= 0.6 is 24.8 Å². The fraction of sp³-hybridized carbons (Fsp3) is 0.438. The lowest BCUT2D eigenvalue weighted by Crippen LogP contribution is -2.35. The lowest BCUT2D eigenvalue weighted by molar-refractivity contribution is 0.0783. The van der Waals surface area contributed by atoms with E-state index in [4.69, 9.17) is 5.73 Å². The van der Waals surface area contributed by atoms with E-state index in [-0.39, 0.29) is 36.8 Å². The van der Waals surface area contributed by atoms with Crippen molar-refractivity contribution < 1.29 is 4.79 Å². The summed E-state index contributed by atoms with van der Waals surface area (Å²) in [4.78, 5) is 18.3. The maximum absolute atomic E-state index is 12.4. The zero-order valence-electron chi connectivity index (χ0n) is 14.1. The molecule has 0 aliphatic rings. The molecule has 6 nitrogen and oxygen atoms in total. The van der Waals surface area contributed by atoms with E-state index in [0.717, 1.165) is 12.1 Å². The average Bonchev–Trinajstić information content (AvgIpc) is 3.06. The van der Waals surface area contributed by atoms with E-state index >= 15 is 0 Å². The van der Waals surface area contributed by atoms with Crippen LogP contribution in [0.15, 0.2) is 36.8 Å². The summed E-state index contributed by atoms with van der Waals surface area (Å²) >= 11 is 0. The molecule has 2 aromatic heterocycles. The van der Waals surface area contributed by atoms with Crippen molar-refractivity contribution in [3.05, 3.63) is 42.5 Å². The molecule has 0 spiro atoms. The zero-order chi connectivity index (χ0) is 16.1. The van der Waals surface area contributed by atoms with Crippen molar-refractivity contribution >= 4 is 30.7 Å². The van der Waals surface area contributed by atoms with Crippen LogP contribution in [0.4, 0.5) is 0 Å². The van der Waals surface area contributed by atoms with E-state index in [1.54, 1.807) is 35.1 Å². The number of hydrogen-bond donors (Lipinski definition) is 1. The lowest BCUT2D eigenvalue weighted by Gasteiger charge is -2.21. The molecular formula is C16H25Cl2N5O. The van der Waals surface area contributed by atoms with Crippen LogP contribution < -0.4 is 5.73 Å². The normalized spacial score (nSPS) is 11.4. The lowest BCUT2D eigenvalue weighted by atomic mass is 10.0. The van der Waals surface area contributed by atoms with E-state index < -0.39 is 0 Å². The second-order valence-corrected chi connectivity index (χ2v) is 5.77. The number of carbonyl (C=O) groups excluding carboxylic acids is 1. The number of hydrogen-bond acceptors (Lipinski definition) is 4. The molecule has 2 heterocycles. The van der Waals surface area contributed by atoms with Gasteiger partial charge >= 0.3 is 0 Å². The highest BCUT2D eigenvalue weighted by Gasteiger charge is 2.16. The quantitative estimate of drug-likeness (QED) is 0.843. The molecule has 134 valence electrons. The maximum Gasteiger partial charge on any atom is 0.272 e. The first-order valence-electron chi connectivity index (χ1n) is 7.46. The summed E-state index contributed by atoms with van der Waals surface area (Å²) in [5.74, 6) is 0.301. The van der Waals surface area contributed by atoms with Gasteiger partial charge in [0.05, 0.1) is 5.69 Å². The van der Waals surface area contributed by atoms with E-state index in [9.17, 15) is 4.79 Å². The molecule has 24 heavy (non-hydrogen) atoms. The minimum absolute atomic E-state index is 0. The Bertz CT molecular complexity index is 619. The minimum atomic E-state index is -0.107. The average molecular weight is 374 g/mol. The van der Waals surface area contributed by atoms with Crippen molar-refractivity contribution in [3.63, 3.8) is 0 Å². The molecule has 0 saturated carbocycles. The molecule has 0 aliphatic heterocycles. The van der Waals surface area contributed by atoms with Gasteiger partial charge in [-0.3, -0.25) is 9.78 Å². The van der Waals surface area contributed by atoms with Gasteiger partial charge in [-0.1, -0.05) is 13.8 Å². The maximum atomic E-state index is 12.4. The number of halogens is 2. The van der Waals surface area contributed by atoms with Crippen LogP contribution in [-0.2, 0) is 0 Å². The molecule has 0 bridgehead atoms. The summed E-state index contributed by atoms with van der Waals surface area (Å²) in [6.07, 6.45) is 5.92. The van der Waals surface area contributed by atoms with Crippen LogP contribution in [0.1, 0.15) is 30.8 Å². The second kappa shape index (κ2) is 10.3. The van der Waals surface area contributed by atoms with Crippen LogP contribution in [-0.4, -0.2) is 45.2 Å². The van der Waals surface area contributed by atoms with Gasteiger partial charge in [-0.25, -0.2) is 4.68 Å². The molecule has 1 amide bonds. The van der Waals surface area contributed by atoms with Crippen molar-refractivity contribution in [1.29, 1.82) is 0 Å². The molecular weight excluding hydrogens is 349 g/mol. The standard InChI is InChI=1S/C16H23N5O.2ClH/c1-12(2)14(17)6-10-20(3)16(22)15-11-13(5-8-18-15)21-9-4-7-19-21;;/h4-5,7-9,11-12,14H,6,10,17H2,1-3H3;2*1H. The third-order valence-electron chi connectivity index (χ3n) is 3.73. The van der Waals surface area contributed by atoms with Crippen LogP contribution in [0.5, 0.6) is 0 Å². The Labute approximate surface area is 155 Å². The second-order valence-electron chi connectivity index (χ2n) is 5.77. The molecule has 0 fully saturated rings. The summed E-state index contributed by atoms with van der Waals surface area (Å²) in [5, 5.41) is 4.16. The highest BCUT2D eigenvalue weighted by atomic mass is 35.5. The van der Waals surface area contributed by atoms with Gasteiger partial charge in [0.25, 0.3) is 5.91 Å². The van der Waals surface area contributed by atoms with Crippen molar-refractivity contribution in [1.82, 2.24) is 19.7 Å². The number of nitrogens with zero attached hydrogens (tertiary/aromatic N) is 4. The Morgan fingerprint density at radius 3 is 2.62 bits per heavy atom. The van der Waals surface area contributed by atoms with Gasteiger partial charge in [0.15, 0.2) is 0 Å². The number of aromatic nitrogens is 3. The number of rotatable bonds is 6. The molecule has 8 heteroatoms. The molecule has 0 aromatic carbocycles. The predicted octanol–water partition coefficient (Wildman–Crippen LogP) is 2.56. The summed E-state index contributed by atoms with van der Waals surface area (Å²) < 4.78 is 1.70. The van der Waals surface area contributed by atoms with Crippen molar-refractivity contribution in [3.8, 4) is 5.69 Å². The highest BCUT2D eigenvalue weighted by molar-refractivity contribution is 5.92. The molecule has 1 atom stereocenters. The predicted molar refractivity (Wildman–Crippen MR) is 100 cm³/mol. The summed E-state index contributed by atoms with van der Waals surface area (Å²) in [6.45, 7) is 4.79. The third kappa shape index (κ3) is 5.78. The summed E-state index contributed by atoms with van der Waals surface area (Å²) in [5.41, 5.74) is 7.25. The molecule has 0 radical (unpaired) electrons. The van der Waals surface area contributed by atoms with E-state index in [1.165, 1.54) is 0 Å². The molecule has 2 N–H and O–H groups in total. The largest absolute Gasteiger partial charge is 0.340 e. The summed E-state index contributed by atoms with van der Waals surface area (Å²) in [7, 11) is 1.78. The molecule has 1 unspecified atom stereocenters. The SMILES string of the molecule is CC(C)C(N)CCN(C)C(=O)c1cc(-n2cccn2)ccn1.Cl.Cl. The Morgan fingerprint density at radius 2 is 2.04 bits per heavy atom. The van der Waals surface area contributed by atoms with Crippen LogP contribution in [0.25, 0.3) is 5.69 Å². The Hall–Kier alpha value is -1.63. The van der Waals surface area contributed by atoms with Crippen LogP contribution in [0.2, 0.25) is 0 Å². The van der Waals surface area contributed by atoms with Crippen LogP contribution in [0, 0.1) is 5.92 Å². The Balaban J connectivity index is 0.00000264. The number of carbonyl (C=O) groups is 1. The van der Waals surface area contributed by atoms with E-state index in [0.29, 0.717) is 18.2 Å². The van der Waals surface area contributed by atoms with Crippen molar-refractivity contribution in [2.75, 3.05) is 13.6 Å². The Kier molecular flexibility index (Phi) is 9.58. The van der Waals surface area contributed by atoms with Gasteiger partial charge in [0.1, 0.15) is 5.69 Å². The third-order valence-corrected chi connectivity index (χ3v) is 3.73. The van der Waals surface area contributed by atoms with Gasteiger partial charge in [0.2, 0.25) is 0 Å². The molecule has 0 aliphatic carbocycles. The van der Waals surface area contributed by atoms with Gasteiger partial charge in [0, 0.05) is 38.2 Å². The highest BCUT2D eigenvalue weighted by Crippen LogP contribution is 2.10. The Morgan fingerprint density at radius 1 is 1.33 bits per heavy atom. The first-order valence-corrected chi connectivity index (χ1v) is 7.46. The van der Waals surface area contributed by atoms with Crippen molar-refractivity contribution in [2.45, 2.75) is 26.3 Å². The smallest absolute Gasteiger partial charge is 0.272 e. The topological polar surface area (TPSA) is 77.0 Å². The van der Waals surface area contributed by atoms with E-state index in [1.807, 2.05) is 18.3 Å². The molecule has 0 saturated heterocycles. The monoisotopic (exact) mass is 373 g/mol. The fourth-order valence-corrected chi connectivity index (χ4v) is 2.07. The van der Waals surface area contributed by atoms with Gasteiger partial charge < -0.3 is 10.6 Å². The van der Waals surface area contributed by atoms with Gasteiger partial charge in [-0.05, 0) is 30.5 Å². The fourth-order valence-electron chi connectivity index (χ4n) is 2.07. The number of amides is 1. The number of pyridine rings is 1. The molecule has 2 aromatic rings. The first-order chi connectivity index (χ1) is 10.5. The molecule has 2 rings (SSSR count). The zero-order valence-corrected chi connectivity index (χ0v) is 15.8. The van der Waals surface area contributed by atoms with E-state index in [2.05, 4.69) is 23.9 Å².